The Labute approximate surface area is 87.7 Å². The van der Waals surface area contributed by atoms with Crippen molar-refractivity contribution in [2.45, 2.75) is 19.8 Å². The van der Waals surface area contributed by atoms with Gasteiger partial charge in [0.05, 0.1) is 6.61 Å². The van der Waals surface area contributed by atoms with E-state index in [0.717, 1.165) is 5.56 Å². The maximum Gasteiger partial charge on any atom is 0.299 e. The van der Waals surface area contributed by atoms with Gasteiger partial charge in [-0.1, -0.05) is 29.8 Å². The Morgan fingerprint density at radius 3 is 2.60 bits per heavy atom. The molecule has 0 radical (unpaired) electrons. The largest absolute Gasteiger partial charge is 0.299 e. The lowest BCUT2D eigenvalue weighted by atomic mass is 10.1. The van der Waals surface area contributed by atoms with Crippen LogP contribution < -0.4 is 0 Å². The molecule has 0 unspecified atom stereocenters. The molecule has 0 spiro atoms. The van der Waals surface area contributed by atoms with Gasteiger partial charge in [0.15, 0.2) is 6.61 Å². The number of benzene rings is 1. The van der Waals surface area contributed by atoms with Crippen LogP contribution in [0, 0.1) is 6.92 Å². The van der Waals surface area contributed by atoms with Crippen LogP contribution in [0.1, 0.15) is 18.1 Å². The van der Waals surface area contributed by atoms with Crippen LogP contribution in [-0.4, -0.2) is 13.2 Å². The quantitative estimate of drug-likeness (QED) is 0.428. The molecule has 4 heteroatoms. The standard InChI is InChI=1S/C11H14F2O2/c1-3-14-15-8-11(12,13)10-6-4-5-9(2)7-10/h4-7H,3,8H2,1-2H3. The second-order valence-corrected chi connectivity index (χ2v) is 3.24. The van der Waals surface area contributed by atoms with Crippen molar-refractivity contribution in [3.05, 3.63) is 35.4 Å². The van der Waals surface area contributed by atoms with Gasteiger partial charge < -0.3 is 0 Å². The van der Waals surface area contributed by atoms with Crippen LogP contribution in [0.15, 0.2) is 24.3 Å². The van der Waals surface area contributed by atoms with Crippen LogP contribution in [0.25, 0.3) is 0 Å². The summed E-state index contributed by atoms with van der Waals surface area (Å²) < 4.78 is 26.9. The SMILES string of the molecule is CCOOCC(F)(F)c1cccc(C)c1. The van der Waals surface area contributed by atoms with Crippen molar-refractivity contribution < 1.29 is 18.6 Å². The minimum Gasteiger partial charge on any atom is -0.237 e. The summed E-state index contributed by atoms with van der Waals surface area (Å²) in [5, 5.41) is 0. The summed E-state index contributed by atoms with van der Waals surface area (Å²) in [6.07, 6.45) is 0. The molecule has 0 heterocycles. The fraction of sp³-hybridized carbons (Fsp3) is 0.455. The van der Waals surface area contributed by atoms with Crippen molar-refractivity contribution in [1.82, 2.24) is 0 Å². The second-order valence-electron chi connectivity index (χ2n) is 3.24. The predicted octanol–water partition coefficient (Wildman–Crippen LogP) is 3.05. The van der Waals surface area contributed by atoms with Crippen LogP contribution in [0.3, 0.4) is 0 Å². The van der Waals surface area contributed by atoms with Gasteiger partial charge >= 0.3 is 0 Å². The highest BCUT2D eigenvalue weighted by atomic mass is 19.3. The third-order valence-electron chi connectivity index (χ3n) is 1.88. The lowest BCUT2D eigenvalue weighted by molar-refractivity contribution is -0.321. The third-order valence-corrected chi connectivity index (χ3v) is 1.88. The zero-order valence-electron chi connectivity index (χ0n) is 8.80. The van der Waals surface area contributed by atoms with E-state index in [0.29, 0.717) is 0 Å². The molecule has 2 nitrogen and oxygen atoms in total. The number of halogens is 2. The molecule has 15 heavy (non-hydrogen) atoms. The number of hydrogen-bond acceptors (Lipinski definition) is 2. The molecule has 0 atom stereocenters. The minimum atomic E-state index is -3.01. The van der Waals surface area contributed by atoms with Crippen LogP contribution in [0.5, 0.6) is 0 Å². The molecule has 1 aromatic carbocycles. The molecular weight excluding hydrogens is 202 g/mol. The summed E-state index contributed by atoms with van der Waals surface area (Å²) in [6, 6.07) is 6.18. The van der Waals surface area contributed by atoms with E-state index in [1.165, 1.54) is 12.1 Å². The first-order valence-electron chi connectivity index (χ1n) is 4.75. The van der Waals surface area contributed by atoms with E-state index < -0.39 is 12.5 Å². The number of rotatable bonds is 5. The first-order chi connectivity index (χ1) is 7.06. The molecule has 0 aliphatic rings. The Bertz CT molecular complexity index is 313. The van der Waals surface area contributed by atoms with E-state index in [1.54, 1.807) is 26.0 Å². The van der Waals surface area contributed by atoms with Gasteiger partial charge in [-0.3, -0.25) is 0 Å². The first kappa shape index (κ1) is 12.1. The second kappa shape index (κ2) is 5.19. The molecule has 0 saturated heterocycles. The molecule has 0 aromatic heterocycles. The molecule has 1 rings (SSSR count). The average molecular weight is 216 g/mol. The highest BCUT2D eigenvalue weighted by Gasteiger charge is 2.32. The van der Waals surface area contributed by atoms with Gasteiger partial charge in [-0.2, -0.15) is 8.78 Å². The summed E-state index contributed by atoms with van der Waals surface area (Å²) in [5.74, 6) is -3.01. The summed E-state index contributed by atoms with van der Waals surface area (Å²) >= 11 is 0. The monoisotopic (exact) mass is 216 g/mol. The van der Waals surface area contributed by atoms with Gasteiger partial charge in [-0.15, -0.1) is 0 Å². The Morgan fingerprint density at radius 1 is 1.27 bits per heavy atom. The highest BCUT2D eigenvalue weighted by molar-refractivity contribution is 5.25. The van der Waals surface area contributed by atoms with Crippen LogP contribution in [0.4, 0.5) is 8.78 Å². The van der Waals surface area contributed by atoms with E-state index in [4.69, 9.17) is 0 Å². The highest BCUT2D eigenvalue weighted by Crippen LogP contribution is 2.28. The van der Waals surface area contributed by atoms with Gasteiger partial charge in [0.25, 0.3) is 5.92 Å². The van der Waals surface area contributed by atoms with E-state index in [1.807, 2.05) is 0 Å². The van der Waals surface area contributed by atoms with Gasteiger partial charge in [0, 0.05) is 5.56 Å². The van der Waals surface area contributed by atoms with Crippen molar-refractivity contribution >= 4 is 0 Å². The number of hydrogen-bond donors (Lipinski definition) is 0. The lowest BCUT2D eigenvalue weighted by Crippen LogP contribution is -2.21. The summed E-state index contributed by atoms with van der Waals surface area (Å²) in [5.41, 5.74) is 0.741. The normalized spacial score (nSPS) is 11.7. The van der Waals surface area contributed by atoms with Gasteiger partial charge in [-0.05, 0) is 13.8 Å². The van der Waals surface area contributed by atoms with E-state index >= 15 is 0 Å². The van der Waals surface area contributed by atoms with Gasteiger partial charge in [0.1, 0.15) is 0 Å². The van der Waals surface area contributed by atoms with E-state index in [9.17, 15) is 8.78 Å². The van der Waals surface area contributed by atoms with Crippen molar-refractivity contribution in [3.63, 3.8) is 0 Å². The lowest BCUT2D eigenvalue weighted by Gasteiger charge is -2.16. The van der Waals surface area contributed by atoms with E-state index in [2.05, 4.69) is 9.78 Å². The fourth-order valence-electron chi connectivity index (χ4n) is 1.15. The topological polar surface area (TPSA) is 18.5 Å². The van der Waals surface area contributed by atoms with Crippen molar-refractivity contribution in [2.75, 3.05) is 13.2 Å². The Balaban J connectivity index is 2.67. The first-order valence-corrected chi connectivity index (χ1v) is 4.75. The molecule has 0 saturated carbocycles. The zero-order valence-corrected chi connectivity index (χ0v) is 8.80. The Kier molecular flexibility index (Phi) is 4.17. The smallest absolute Gasteiger partial charge is 0.237 e. The average Bonchev–Trinajstić information content (AvgIpc) is 2.18. The fourth-order valence-corrected chi connectivity index (χ4v) is 1.15. The molecule has 0 aliphatic carbocycles. The Morgan fingerprint density at radius 2 is 2.00 bits per heavy atom. The summed E-state index contributed by atoms with van der Waals surface area (Å²) in [4.78, 5) is 8.83. The molecule has 0 aliphatic heterocycles. The maximum atomic E-state index is 13.5. The van der Waals surface area contributed by atoms with Crippen molar-refractivity contribution in [3.8, 4) is 0 Å². The predicted molar refractivity (Wildman–Crippen MR) is 52.7 cm³/mol. The molecule has 84 valence electrons. The molecule has 1 aromatic rings. The van der Waals surface area contributed by atoms with Crippen molar-refractivity contribution in [1.29, 1.82) is 0 Å². The summed E-state index contributed by atoms with van der Waals surface area (Å²) in [7, 11) is 0. The van der Waals surface area contributed by atoms with Gasteiger partial charge in [-0.25, -0.2) is 9.78 Å². The number of aryl methyl sites for hydroxylation is 1. The van der Waals surface area contributed by atoms with Crippen LogP contribution in [0.2, 0.25) is 0 Å². The molecule has 0 fully saturated rings. The zero-order chi connectivity index (χ0) is 11.3. The molecule has 0 N–H and O–H groups in total. The molecule has 0 amide bonds. The summed E-state index contributed by atoms with van der Waals surface area (Å²) in [6.45, 7) is 2.93. The van der Waals surface area contributed by atoms with Crippen LogP contribution in [-0.2, 0) is 15.7 Å². The minimum absolute atomic E-state index is 0.0535. The number of alkyl halides is 2. The molecular formula is C11H14F2O2. The van der Waals surface area contributed by atoms with Gasteiger partial charge in [0.2, 0.25) is 0 Å². The third kappa shape index (κ3) is 3.57. The Hall–Kier alpha value is -1.00. The maximum absolute atomic E-state index is 13.5. The molecule has 0 bridgehead atoms. The van der Waals surface area contributed by atoms with E-state index in [-0.39, 0.29) is 12.2 Å². The van der Waals surface area contributed by atoms with Crippen molar-refractivity contribution in [2.24, 2.45) is 0 Å². The van der Waals surface area contributed by atoms with Crippen LogP contribution >= 0.6 is 0 Å².